The third-order valence-corrected chi connectivity index (χ3v) is 3.65. The Hall–Kier alpha value is -1.78. The van der Waals surface area contributed by atoms with Crippen molar-refractivity contribution in [2.24, 2.45) is 5.92 Å². The second-order valence-corrected chi connectivity index (χ2v) is 4.64. The maximum Gasteiger partial charge on any atom is 0.303 e. The minimum Gasteiger partial charge on any atom is -0.481 e. The molecule has 17 heavy (non-hydrogen) atoms. The van der Waals surface area contributed by atoms with Crippen molar-refractivity contribution in [1.82, 2.24) is 4.90 Å². The van der Waals surface area contributed by atoms with E-state index in [9.17, 15) is 9.59 Å². The van der Waals surface area contributed by atoms with E-state index >= 15 is 0 Å². The summed E-state index contributed by atoms with van der Waals surface area (Å²) in [7, 11) is 0. The lowest BCUT2D eigenvalue weighted by molar-refractivity contribution is -0.138. The molecule has 2 atom stereocenters. The summed E-state index contributed by atoms with van der Waals surface area (Å²) in [5.41, 5.74) is 0.994. The summed E-state index contributed by atoms with van der Waals surface area (Å²) in [4.78, 5) is 24.5. The zero-order chi connectivity index (χ0) is 12.0. The highest BCUT2D eigenvalue weighted by atomic mass is 16.4. The second-order valence-electron chi connectivity index (χ2n) is 4.64. The molecule has 1 N–H and O–H groups in total. The minimum atomic E-state index is -0.847. The largest absolute Gasteiger partial charge is 0.481 e. The molecule has 0 aromatic carbocycles. The maximum absolute atomic E-state index is 11.8. The van der Waals surface area contributed by atoms with E-state index in [1.54, 1.807) is 11.2 Å². The zero-order valence-electron chi connectivity index (χ0n) is 9.26. The maximum atomic E-state index is 11.8. The summed E-state index contributed by atoms with van der Waals surface area (Å²) >= 11 is 0. The van der Waals surface area contributed by atoms with Crippen LogP contribution in [0.25, 0.3) is 0 Å². The highest BCUT2D eigenvalue weighted by Crippen LogP contribution is 2.44. The molecule has 0 aliphatic carbocycles. The molecule has 5 heteroatoms. The fourth-order valence-corrected chi connectivity index (χ4v) is 3.00. The van der Waals surface area contributed by atoms with Gasteiger partial charge < -0.3 is 14.4 Å². The van der Waals surface area contributed by atoms with Crippen LogP contribution in [0, 0.1) is 5.92 Å². The topological polar surface area (TPSA) is 70.8 Å². The van der Waals surface area contributed by atoms with Crippen LogP contribution in [0.4, 0.5) is 0 Å². The number of carboxylic acid groups (broad SMARTS) is 1. The molecule has 0 bridgehead atoms. The van der Waals surface area contributed by atoms with Gasteiger partial charge in [-0.3, -0.25) is 9.59 Å². The molecule has 5 nitrogen and oxygen atoms in total. The molecule has 0 saturated carbocycles. The van der Waals surface area contributed by atoms with E-state index in [0.717, 1.165) is 17.7 Å². The van der Waals surface area contributed by atoms with Crippen molar-refractivity contribution in [1.29, 1.82) is 0 Å². The average molecular weight is 235 g/mol. The molecule has 0 radical (unpaired) electrons. The molecule has 0 spiro atoms. The number of hydrogen-bond donors (Lipinski definition) is 1. The molecule has 1 fully saturated rings. The van der Waals surface area contributed by atoms with Gasteiger partial charge in [0, 0.05) is 30.9 Å². The first kappa shape index (κ1) is 10.4. The predicted octanol–water partition coefficient (Wildman–Crippen LogP) is 1.20. The summed E-state index contributed by atoms with van der Waals surface area (Å²) in [5, 5.41) is 8.90. The quantitative estimate of drug-likeness (QED) is 0.836. The zero-order valence-corrected chi connectivity index (χ0v) is 9.26. The molecular formula is C12H13NO4. The average Bonchev–Trinajstić information content (AvgIpc) is 2.82. The van der Waals surface area contributed by atoms with E-state index < -0.39 is 5.97 Å². The van der Waals surface area contributed by atoms with Crippen molar-refractivity contribution in [2.75, 3.05) is 6.54 Å². The van der Waals surface area contributed by atoms with Gasteiger partial charge in [0.05, 0.1) is 18.7 Å². The lowest BCUT2D eigenvalue weighted by Crippen LogP contribution is -2.35. The van der Waals surface area contributed by atoms with Crippen LogP contribution in [0.3, 0.4) is 0 Å². The lowest BCUT2D eigenvalue weighted by Gasteiger charge is -2.31. The molecule has 2 unspecified atom stereocenters. The van der Waals surface area contributed by atoms with Gasteiger partial charge in [0.25, 0.3) is 0 Å². The summed E-state index contributed by atoms with van der Waals surface area (Å²) in [6.07, 6.45) is 2.72. The number of nitrogens with zero attached hydrogens (tertiary/aromatic N) is 1. The number of amides is 1. The van der Waals surface area contributed by atoms with Crippen LogP contribution in [0.5, 0.6) is 0 Å². The van der Waals surface area contributed by atoms with Crippen LogP contribution < -0.4 is 0 Å². The number of fused-ring (bicyclic) bond motifs is 3. The minimum absolute atomic E-state index is 0.0392. The predicted molar refractivity (Wildman–Crippen MR) is 57.2 cm³/mol. The summed E-state index contributed by atoms with van der Waals surface area (Å²) < 4.78 is 5.37. The Morgan fingerprint density at radius 2 is 2.41 bits per heavy atom. The third kappa shape index (κ3) is 1.53. The number of hydrogen-bond acceptors (Lipinski definition) is 3. The first-order valence-electron chi connectivity index (χ1n) is 5.74. The van der Waals surface area contributed by atoms with Gasteiger partial charge in [0.2, 0.25) is 5.91 Å². The standard InChI is InChI=1S/C12H13NO4/c14-10-5-7(6-11(15)16)12-8-2-4-17-9(8)1-3-13(10)12/h2,4,7,12H,1,3,5-6H2,(H,15,16). The van der Waals surface area contributed by atoms with Crippen molar-refractivity contribution in [3.8, 4) is 0 Å². The van der Waals surface area contributed by atoms with E-state index in [0.29, 0.717) is 13.0 Å². The van der Waals surface area contributed by atoms with E-state index in [-0.39, 0.29) is 24.3 Å². The Morgan fingerprint density at radius 1 is 1.59 bits per heavy atom. The highest BCUT2D eigenvalue weighted by molar-refractivity contribution is 5.81. The Morgan fingerprint density at radius 3 is 3.18 bits per heavy atom. The SMILES string of the molecule is O=C(O)CC1CC(=O)N2CCc3occc3C12. The van der Waals surface area contributed by atoms with E-state index in [1.165, 1.54) is 0 Å². The Balaban J connectivity index is 1.96. The fraction of sp³-hybridized carbons (Fsp3) is 0.500. The summed E-state index contributed by atoms with van der Waals surface area (Å²) in [6, 6.07) is 1.76. The molecule has 1 saturated heterocycles. The van der Waals surface area contributed by atoms with Gasteiger partial charge in [0.15, 0.2) is 0 Å². The molecule has 1 amide bonds. The van der Waals surface area contributed by atoms with Crippen LogP contribution in [0.1, 0.15) is 30.2 Å². The number of carbonyl (C=O) groups excluding carboxylic acids is 1. The Kier molecular flexibility index (Phi) is 2.21. The molecule has 3 rings (SSSR count). The van der Waals surface area contributed by atoms with Crippen LogP contribution in [0.2, 0.25) is 0 Å². The van der Waals surface area contributed by atoms with Crippen molar-refractivity contribution in [3.63, 3.8) is 0 Å². The molecule has 2 aliphatic rings. The van der Waals surface area contributed by atoms with E-state index in [1.807, 2.05) is 6.07 Å². The summed E-state index contributed by atoms with van der Waals surface area (Å²) in [6.45, 7) is 0.639. The number of furan rings is 1. The first-order chi connectivity index (χ1) is 8.16. The van der Waals surface area contributed by atoms with Crippen LogP contribution in [-0.2, 0) is 16.0 Å². The number of rotatable bonds is 2. The van der Waals surface area contributed by atoms with Gasteiger partial charge in [-0.25, -0.2) is 0 Å². The Labute approximate surface area is 98.0 Å². The van der Waals surface area contributed by atoms with Crippen molar-refractivity contribution in [3.05, 3.63) is 23.7 Å². The van der Waals surface area contributed by atoms with Crippen LogP contribution in [0.15, 0.2) is 16.7 Å². The third-order valence-electron chi connectivity index (χ3n) is 3.65. The number of carboxylic acids is 1. The van der Waals surface area contributed by atoms with Gasteiger partial charge >= 0.3 is 5.97 Å². The fourth-order valence-electron chi connectivity index (χ4n) is 3.00. The highest BCUT2D eigenvalue weighted by Gasteiger charge is 2.44. The van der Waals surface area contributed by atoms with Gasteiger partial charge in [0.1, 0.15) is 5.76 Å². The molecular weight excluding hydrogens is 222 g/mol. The molecule has 90 valence electrons. The van der Waals surface area contributed by atoms with Crippen LogP contribution >= 0.6 is 0 Å². The van der Waals surface area contributed by atoms with Gasteiger partial charge in [-0.1, -0.05) is 0 Å². The molecule has 1 aromatic rings. The lowest BCUT2D eigenvalue weighted by atomic mass is 9.89. The molecule has 2 aliphatic heterocycles. The number of aliphatic carboxylic acids is 1. The molecule has 3 heterocycles. The first-order valence-corrected chi connectivity index (χ1v) is 5.74. The summed E-state index contributed by atoms with van der Waals surface area (Å²) in [5.74, 6) is -0.0126. The van der Waals surface area contributed by atoms with Gasteiger partial charge in [-0.2, -0.15) is 0 Å². The molecule has 1 aromatic heterocycles. The van der Waals surface area contributed by atoms with Crippen molar-refractivity contribution in [2.45, 2.75) is 25.3 Å². The van der Waals surface area contributed by atoms with E-state index in [2.05, 4.69) is 0 Å². The Bertz CT molecular complexity index is 479. The van der Waals surface area contributed by atoms with Gasteiger partial charge in [-0.05, 0) is 6.07 Å². The van der Waals surface area contributed by atoms with Crippen LogP contribution in [-0.4, -0.2) is 28.4 Å². The monoisotopic (exact) mass is 235 g/mol. The van der Waals surface area contributed by atoms with Gasteiger partial charge in [-0.15, -0.1) is 0 Å². The van der Waals surface area contributed by atoms with E-state index in [4.69, 9.17) is 9.52 Å². The van der Waals surface area contributed by atoms with Crippen molar-refractivity contribution >= 4 is 11.9 Å². The number of carbonyl (C=O) groups is 2. The normalized spacial score (nSPS) is 26.8. The van der Waals surface area contributed by atoms with Crippen molar-refractivity contribution < 1.29 is 19.1 Å². The smallest absolute Gasteiger partial charge is 0.303 e. The second kappa shape index (κ2) is 3.61.